The lowest BCUT2D eigenvalue weighted by Gasteiger charge is -2.16. The predicted molar refractivity (Wildman–Crippen MR) is 74.7 cm³/mol. The molecular formula is C11H9Cl3N4O. The van der Waals surface area contributed by atoms with Crippen molar-refractivity contribution in [3.63, 3.8) is 0 Å². The van der Waals surface area contributed by atoms with Gasteiger partial charge in [0.15, 0.2) is 5.92 Å². The van der Waals surface area contributed by atoms with E-state index in [1.54, 1.807) is 24.4 Å². The molecule has 1 heterocycles. The van der Waals surface area contributed by atoms with Crippen LogP contribution in [0.1, 0.15) is 5.56 Å². The van der Waals surface area contributed by atoms with Crippen LogP contribution in [-0.2, 0) is 4.79 Å². The minimum Gasteiger partial charge on any atom is -0.309 e. The minimum atomic E-state index is -2.10. The molecule has 0 saturated carbocycles. The van der Waals surface area contributed by atoms with Gasteiger partial charge in [-0.05, 0) is 18.6 Å². The monoisotopic (exact) mass is 318 g/mol. The largest absolute Gasteiger partial charge is 0.309 e. The molecule has 5 nitrogen and oxygen atoms in total. The highest BCUT2D eigenvalue weighted by Crippen LogP contribution is 2.30. The van der Waals surface area contributed by atoms with Crippen molar-refractivity contribution in [2.45, 2.75) is 10.7 Å². The lowest BCUT2D eigenvalue weighted by molar-refractivity contribution is -0.116. The van der Waals surface area contributed by atoms with Crippen molar-refractivity contribution in [1.82, 2.24) is 4.98 Å². The van der Waals surface area contributed by atoms with E-state index in [0.717, 1.165) is 5.56 Å². The summed E-state index contributed by atoms with van der Waals surface area (Å²) in [5.41, 5.74) is 0.313. The van der Waals surface area contributed by atoms with Gasteiger partial charge in [0, 0.05) is 6.20 Å². The van der Waals surface area contributed by atoms with E-state index in [0.29, 0.717) is 0 Å². The van der Waals surface area contributed by atoms with Gasteiger partial charge in [-0.3, -0.25) is 4.79 Å². The van der Waals surface area contributed by atoms with E-state index >= 15 is 0 Å². The standard InChI is InChI=1S/C11H9Cl3N4O/c1-6-2-3-8(17-5-6)18-10(19)7(4-15)9(16)11(12,13)14/h2-3,5,7,16H,1H3,(H,17,18,19)/t7-/m0/s1. The van der Waals surface area contributed by atoms with Crippen LogP contribution in [0.4, 0.5) is 5.82 Å². The van der Waals surface area contributed by atoms with Gasteiger partial charge in [0.25, 0.3) is 0 Å². The maximum Gasteiger partial charge on any atom is 0.248 e. The minimum absolute atomic E-state index is 0.257. The first-order valence-corrected chi connectivity index (χ1v) is 6.18. The number of hydrogen-bond donors (Lipinski definition) is 2. The molecule has 0 fully saturated rings. The van der Waals surface area contributed by atoms with Crippen molar-refractivity contribution in [1.29, 1.82) is 10.7 Å². The molecule has 0 aliphatic rings. The van der Waals surface area contributed by atoms with Gasteiger partial charge in [-0.2, -0.15) is 5.26 Å². The van der Waals surface area contributed by atoms with Crippen LogP contribution in [0.3, 0.4) is 0 Å². The summed E-state index contributed by atoms with van der Waals surface area (Å²) in [4.78, 5) is 15.8. The third-order valence-corrected chi connectivity index (χ3v) is 2.76. The molecule has 1 amide bonds. The highest BCUT2D eigenvalue weighted by Gasteiger charge is 2.37. The molecule has 1 rings (SSSR count). The Balaban J connectivity index is 2.84. The number of carbonyl (C=O) groups excluding carboxylic acids is 1. The van der Waals surface area contributed by atoms with Crippen molar-refractivity contribution in [2.75, 3.05) is 5.32 Å². The third kappa shape index (κ3) is 4.35. The fraction of sp³-hybridized carbons (Fsp3) is 0.273. The number of amides is 1. The first-order valence-electron chi connectivity index (χ1n) is 5.04. The topological polar surface area (TPSA) is 89.6 Å². The molecule has 0 aliphatic carbocycles. The van der Waals surface area contributed by atoms with Crippen LogP contribution < -0.4 is 5.32 Å². The summed E-state index contributed by atoms with van der Waals surface area (Å²) in [6.45, 7) is 1.84. The van der Waals surface area contributed by atoms with Crippen LogP contribution >= 0.6 is 34.8 Å². The van der Waals surface area contributed by atoms with Gasteiger partial charge in [0.05, 0.1) is 11.8 Å². The fourth-order valence-corrected chi connectivity index (χ4v) is 1.49. The van der Waals surface area contributed by atoms with Crippen molar-refractivity contribution in [3.05, 3.63) is 23.9 Å². The number of anilines is 1. The van der Waals surface area contributed by atoms with Crippen molar-refractivity contribution < 1.29 is 4.79 Å². The number of nitrogens with one attached hydrogen (secondary N) is 2. The summed E-state index contributed by atoms with van der Waals surface area (Å²) >= 11 is 16.5. The Morgan fingerprint density at radius 2 is 2.16 bits per heavy atom. The molecule has 19 heavy (non-hydrogen) atoms. The molecular weight excluding hydrogens is 311 g/mol. The molecule has 0 radical (unpaired) electrons. The maximum atomic E-state index is 11.8. The number of alkyl halides is 3. The van der Waals surface area contributed by atoms with E-state index in [1.807, 2.05) is 6.92 Å². The molecule has 1 atom stereocenters. The predicted octanol–water partition coefficient (Wildman–Crippen LogP) is 2.86. The summed E-state index contributed by atoms with van der Waals surface area (Å²) in [6.07, 6.45) is 1.55. The summed E-state index contributed by atoms with van der Waals surface area (Å²) < 4.78 is -2.10. The van der Waals surface area contributed by atoms with E-state index in [9.17, 15) is 4.79 Å². The molecule has 0 spiro atoms. The molecule has 100 valence electrons. The van der Waals surface area contributed by atoms with Crippen LogP contribution in [0, 0.1) is 29.6 Å². The van der Waals surface area contributed by atoms with E-state index in [4.69, 9.17) is 45.5 Å². The Morgan fingerprint density at radius 1 is 1.53 bits per heavy atom. The second-order valence-electron chi connectivity index (χ2n) is 3.68. The van der Waals surface area contributed by atoms with Gasteiger partial charge >= 0.3 is 0 Å². The molecule has 1 aromatic rings. The van der Waals surface area contributed by atoms with Crippen molar-refractivity contribution >= 4 is 52.2 Å². The van der Waals surface area contributed by atoms with E-state index < -0.39 is 21.3 Å². The number of aromatic nitrogens is 1. The molecule has 1 aromatic heterocycles. The third-order valence-electron chi connectivity index (χ3n) is 2.15. The van der Waals surface area contributed by atoms with E-state index in [2.05, 4.69) is 10.3 Å². The first-order chi connectivity index (χ1) is 8.75. The Labute approximate surface area is 125 Å². The van der Waals surface area contributed by atoms with Gasteiger partial charge in [-0.1, -0.05) is 40.9 Å². The van der Waals surface area contributed by atoms with Gasteiger partial charge in [-0.15, -0.1) is 0 Å². The molecule has 0 unspecified atom stereocenters. The van der Waals surface area contributed by atoms with Crippen LogP contribution in [0.25, 0.3) is 0 Å². The van der Waals surface area contributed by atoms with Gasteiger partial charge in [0.2, 0.25) is 9.70 Å². The molecule has 8 heteroatoms. The zero-order valence-corrected chi connectivity index (χ0v) is 12.0. The zero-order valence-electron chi connectivity index (χ0n) is 9.75. The van der Waals surface area contributed by atoms with Crippen LogP contribution in [0.2, 0.25) is 0 Å². The maximum absolute atomic E-state index is 11.8. The Hall–Kier alpha value is -1.35. The Bertz CT molecular complexity index is 530. The first kappa shape index (κ1) is 15.7. The molecule has 0 aromatic carbocycles. The van der Waals surface area contributed by atoms with Gasteiger partial charge in [-0.25, -0.2) is 4.98 Å². The quantitative estimate of drug-likeness (QED) is 0.663. The Morgan fingerprint density at radius 3 is 2.58 bits per heavy atom. The van der Waals surface area contributed by atoms with Gasteiger partial charge < -0.3 is 10.7 Å². The normalized spacial score (nSPS) is 12.4. The van der Waals surface area contributed by atoms with Crippen LogP contribution in [-0.4, -0.2) is 20.4 Å². The van der Waals surface area contributed by atoms with Crippen molar-refractivity contribution in [2.24, 2.45) is 5.92 Å². The van der Waals surface area contributed by atoms with E-state index in [-0.39, 0.29) is 5.82 Å². The number of nitrogens with zero attached hydrogens (tertiary/aromatic N) is 2. The highest BCUT2D eigenvalue weighted by atomic mass is 35.6. The molecule has 2 N–H and O–H groups in total. The number of rotatable bonds is 3. The second-order valence-corrected chi connectivity index (χ2v) is 5.96. The summed E-state index contributed by atoms with van der Waals surface area (Å²) in [6, 6.07) is 4.93. The average Bonchev–Trinajstić information content (AvgIpc) is 2.31. The smallest absolute Gasteiger partial charge is 0.248 e. The Kier molecular flexibility index (Phi) is 5.12. The number of carbonyl (C=O) groups is 1. The highest BCUT2D eigenvalue weighted by molar-refractivity contribution is 6.77. The number of aryl methyl sites for hydroxylation is 1. The van der Waals surface area contributed by atoms with Crippen molar-refractivity contribution in [3.8, 4) is 6.07 Å². The van der Waals surface area contributed by atoms with Crippen LogP contribution in [0.15, 0.2) is 18.3 Å². The average molecular weight is 320 g/mol. The number of nitriles is 1. The lowest BCUT2D eigenvalue weighted by Crippen LogP contribution is -2.35. The molecule has 0 aliphatic heterocycles. The molecule has 0 bridgehead atoms. The summed E-state index contributed by atoms with van der Waals surface area (Å²) in [7, 11) is 0. The molecule has 0 saturated heterocycles. The zero-order chi connectivity index (χ0) is 14.6. The lowest BCUT2D eigenvalue weighted by atomic mass is 10.1. The summed E-state index contributed by atoms with van der Waals surface area (Å²) in [5.74, 6) is -2.00. The fourth-order valence-electron chi connectivity index (χ4n) is 1.16. The summed E-state index contributed by atoms with van der Waals surface area (Å²) in [5, 5.41) is 18.8. The SMILES string of the molecule is Cc1ccc(NC(=O)[C@@H](C#N)C(=N)C(Cl)(Cl)Cl)nc1. The van der Waals surface area contributed by atoms with Gasteiger partial charge in [0.1, 0.15) is 5.82 Å². The number of hydrogen-bond acceptors (Lipinski definition) is 4. The number of pyridine rings is 1. The van der Waals surface area contributed by atoms with Crippen LogP contribution in [0.5, 0.6) is 0 Å². The second kappa shape index (κ2) is 6.20. The van der Waals surface area contributed by atoms with E-state index in [1.165, 1.54) is 0 Å². The number of halogens is 3.